The van der Waals surface area contributed by atoms with Crippen molar-refractivity contribution in [3.63, 3.8) is 0 Å². The molecule has 1 N–H and O–H groups in total. The lowest BCUT2D eigenvalue weighted by molar-refractivity contribution is 0.196. The summed E-state index contributed by atoms with van der Waals surface area (Å²) in [6, 6.07) is 2.06. The minimum atomic E-state index is -0.386. The summed E-state index contributed by atoms with van der Waals surface area (Å²) in [7, 11) is 0. The molecule has 2 atom stereocenters. The van der Waals surface area contributed by atoms with Crippen LogP contribution in [0.5, 0.6) is 0 Å². The Morgan fingerprint density at radius 3 is 2.76 bits per heavy atom. The lowest BCUT2D eigenvalue weighted by Crippen LogP contribution is -2.15. The SMILES string of the molecule is Cc1cc2c(SC(C)C(C)O)nc(Cl)nc2s1. The molecule has 0 spiro atoms. The van der Waals surface area contributed by atoms with E-state index in [4.69, 9.17) is 11.6 Å². The van der Waals surface area contributed by atoms with Gasteiger partial charge in [0.2, 0.25) is 5.28 Å². The van der Waals surface area contributed by atoms with Crippen LogP contribution in [0.25, 0.3) is 10.2 Å². The summed E-state index contributed by atoms with van der Waals surface area (Å²) in [4.78, 5) is 10.5. The van der Waals surface area contributed by atoms with Crippen molar-refractivity contribution in [2.75, 3.05) is 0 Å². The number of aryl methyl sites for hydroxylation is 1. The molecule has 2 aromatic heterocycles. The van der Waals surface area contributed by atoms with Crippen molar-refractivity contribution in [1.29, 1.82) is 0 Å². The predicted octanol–water partition coefficient (Wildman–Crippen LogP) is 3.51. The van der Waals surface area contributed by atoms with Crippen LogP contribution in [0.15, 0.2) is 11.1 Å². The van der Waals surface area contributed by atoms with Gasteiger partial charge in [0.1, 0.15) is 9.86 Å². The van der Waals surface area contributed by atoms with Crippen LogP contribution in [0.3, 0.4) is 0 Å². The normalized spacial score (nSPS) is 15.1. The second-order valence-electron chi connectivity index (χ2n) is 3.94. The zero-order valence-corrected chi connectivity index (χ0v) is 12.2. The second kappa shape index (κ2) is 5.10. The highest BCUT2D eigenvalue weighted by molar-refractivity contribution is 8.00. The molecule has 3 nitrogen and oxygen atoms in total. The third kappa shape index (κ3) is 2.91. The molecule has 0 fully saturated rings. The highest BCUT2D eigenvalue weighted by Crippen LogP contribution is 2.34. The van der Waals surface area contributed by atoms with Gasteiger partial charge in [-0.05, 0) is 31.5 Å². The summed E-state index contributed by atoms with van der Waals surface area (Å²) in [6.45, 7) is 5.78. The van der Waals surface area contributed by atoms with Gasteiger partial charge in [0.05, 0.1) is 6.10 Å². The maximum atomic E-state index is 9.53. The van der Waals surface area contributed by atoms with Gasteiger partial charge in [-0.3, -0.25) is 0 Å². The van der Waals surface area contributed by atoms with Crippen LogP contribution < -0.4 is 0 Å². The summed E-state index contributed by atoms with van der Waals surface area (Å²) in [5, 5.41) is 11.7. The fourth-order valence-electron chi connectivity index (χ4n) is 1.36. The molecule has 92 valence electrons. The van der Waals surface area contributed by atoms with Crippen LogP contribution in [0.2, 0.25) is 5.28 Å². The Morgan fingerprint density at radius 1 is 1.41 bits per heavy atom. The topological polar surface area (TPSA) is 46.0 Å². The van der Waals surface area contributed by atoms with Crippen LogP contribution in [0.1, 0.15) is 18.7 Å². The standard InChI is InChI=1S/C11H13ClN2OS2/c1-5-4-8-9(16-5)13-11(12)14-10(8)17-7(3)6(2)15/h4,6-7,15H,1-3H3. The number of thiophene rings is 1. The first-order chi connectivity index (χ1) is 7.97. The molecule has 0 aliphatic carbocycles. The fraction of sp³-hybridized carbons (Fsp3) is 0.455. The second-order valence-corrected chi connectivity index (χ2v) is 6.88. The average molecular weight is 289 g/mol. The van der Waals surface area contributed by atoms with Gasteiger partial charge in [-0.2, -0.15) is 0 Å². The van der Waals surface area contributed by atoms with E-state index in [1.807, 2.05) is 13.8 Å². The molecule has 2 rings (SSSR count). The zero-order valence-electron chi connectivity index (χ0n) is 9.77. The lowest BCUT2D eigenvalue weighted by atomic mass is 10.3. The van der Waals surface area contributed by atoms with Crippen molar-refractivity contribution in [2.24, 2.45) is 0 Å². The molecular formula is C11H13ClN2OS2. The van der Waals surface area contributed by atoms with Crippen molar-refractivity contribution >= 4 is 44.9 Å². The zero-order chi connectivity index (χ0) is 12.6. The Kier molecular flexibility index (Phi) is 3.92. The number of aromatic nitrogens is 2. The molecule has 17 heavy (non-hydrogen) atoms. The summed E-state index contributed by atoms with van der Waals surface area (Å²) in [5.74, 6) is 0. The predicted molar refractivity (Wildman–Crippen MR) is 74.2 cm³/mol. The maximum absolute atomic E-state index is 9.53. The number of hydrogen-bond acceptors (Lipinski definition) is 5. The van der Waals surface area contributed by atoms with Crippen LogP contribution >= 0.6 is 34.7 Å². The van der Waals surface area contributed by atoms with Gasteiger partial charge in [0.25, 0.3) is 0 Å². The van der Waals surface area contributed by atoms with Crippen molar-refractivity contribution in [2.45, 2.75) is 37.2 Å². The van der Waals surface area contributed by atoms with E-state index in [9.17, 15) is 5.11 Å². The first-order valence-corrected chi connectivity index (χ1v) is 7.33. The average Bonchev–Trinajstić information content (AvgIpc) is 2.58. The first kappa shape index (κ1) is 13.1. The van der Waals surface area contributed by atoms with Gasteiger partial charge in [-0.1, -0.05) is 18.7 Å². The number of halogens is 1. The molecule has 0 saturated carbocycles. The van der Waals surface area contributed by atoms with Gasteiger partial charge in [0.15, 0.2) is 0 Å². The number of rotatable bonds is 3. The monoisotopic (exact) mass is 288 g/mol. The smallest absolute Gasteiger partial charge is 0.224 e. The number of aliphatic hydroxyl groups is 1. The van der Waals surface area contributed by atoms with E-state index >= 15 is 0 Å². The minimum absolute atomic E-state index is 0.0735. The third-order valence-electron chi connectivity index (χ3n) is 2.43. The van der Waals surface area contributed by atoms with E-state index in [0.29, 0.717) is 0 Å². The number of aliphatic hydroxyl groups excluding tert-OH is 1. The molecule has 2 unspecified atom stereocenters. The van der Waals surface area contributed by atoms with E-state index in [1.165, 1.54) is 16.6 Å². The quantitative estimate of drug-likeness (QED) is 0.533. The molecule has 0 radical (unpaired) electrons. The van der Waals surface area contributed by atoms with E-state index < -0.39 is 0 Å². The molecule has 0 aliphatic heterocycles. The fourth-order valence-corrected chi connectivity index (χ4v) is 3.54. The van der Waals surface area contributed by atoms with Crippen LogP contribution in [0.4, 0.5) is 0 Å². The Morgan fingerprint density at radius 2 is 2.12 bits per heavy atom. The molecule has 2 heterocycles. The number of nitrogens with zero attached hydrogens (tertiary/aromatic N) is 2. The van der Waals surface area contributed by atoms with Crippen molar-refractivity contribution in [3.8, 4) is 0 Å². The number of thioether (sulfide) groups is 1. The van der Waals surface area contributed by atoms with Crippen LogP contribution in [-0.4, -0.2) is 26.4 Å². The Balaban J connectivity index is 2.44. The molecule has 2 aromatic rings. The third-order valence-corrected chi connectivity index (χ3v) is 4.84. The first-order valence-electron chi connectivity index (χ1n) is 5.26. The van der Waals surface area contributed by atoms with Gasteiger partial charge in [-0.25, -0.2) is 9.97 Å². The lowest BCUT2D eigenvalue weighted by Gasteiger charge is -2.13. The van der Waals surface area contributed by atoms with Crippen LogP contribution in [0, 0.1) is 6.92 Å². The van der Waals surface area contributed by atoms with Crippen LogP contribution in [-0.2, 0) is 0 Å². The number of fused-ring (bicyclic) bond motifs is 1. The highest BCUT2D eigenvalue weighted by Gasteiger charge is 2.16. The summed E-state index contributed by atoms with van der Waals surface area (Å²) in [6.07, 6.45) is -0.386. The molecule has 0 aliphatic rings. The largest absolute Gasteiger partial charge is 0.392 e. The van der Waals surface area contributed by atoms with Gasteiger partial charge >= 0.3 is 0 Å². The molecule has 6 heteroatoms. The summed E-state index contributed by atoms with van der Waals surface area (Å²) in [5.41, 5.74) is 0. The summed E-state index contributed by atoms with van der Waals surface area (Å²) < 4.78 is 0. The van der Waals surface area contributed by atoms with Crippen molar-refractivity contribution in [1.82, 2.24) is 9.97 Å². The highest BCUT2D eigenvalue weighted by atomic mass is 35.5. The van der Waals surface area contributed by atoms with Gasteiger partial charge in [-0.15, -0.1) is 11.3 Å². The maximum Gasteiger partial charge on any atom is 0.224 e. The van der Waals surface area contributed by atoms with Gasteiger partial charge in [0, 0.05) is 15.5 Å². The van der Waals surface area contributed by atoms with E-state index in [2.05, 4.69) is 16.0 Å². The molecular weight excluding hydrogens is 276 g/mol. The van der Waals surface area contributed by atoms with E-state index in [-0.39, 0.29) is 16.6 Å². The molecule has 0 aromatic carbocycles. The van der Waals surface area contributed by atoms with E-state index in [0.717, 1.165) is 15.2 Å². The summed E-state index contributed by atoms with van der Waals surface area (Å²) >= 11 is 9.04. The van der Waals surface area contributed by atoms with Crippen molar-refractivity contribution < 1.29 is 5.11 Å². The molecule has 0 bridgehead atoms. The molecule has 0 amide bonds. The van der Waals surface area contributed by atoms with Gasteiger partial charge < -0.3 is 5.11 Å². The Labute approximate surface area is 113 Å². The Hall–Kier alpha value is -0.360. The molecule has 0 saturated heterocycles. The van der Waals surface area contributed by atoms with E-state index in [1.54, 1.807) is 18.3 Å². The minimum Gasteiger partial charge on any atom is -0.392 e. The Bertz CT molecular complexity index is 541. The number of hydrogen-bond donors (Lipinski definition) is 1. The van der Waals surface area contributed by atoms with Crippen molar-refractivity contribution in [3.05, 3.63) is 16.2 Å².